The van der Waals surface area contributed by atoms with Crippen molar-refractivity contribution in [1.82, 2.24) is 14.8 Å². The summed E-state index contributed by atoms with van der Waals surface area (Å²) >= 11 is 17.7. The predicted molar refractivity (Wildman–Crippen MR) is 170 cm³/mol. The molecule has 1 unspecified atom stereocenters. The lowest BCUT2D eigenvalue weighted by molar-refractivity contribution is -0.113. The third-order valence-electron chi connectivity index (χ3n) is 6.57. The molecular weight excluding hydrogens is 645 g/mol. The summed E-state index contributed by atoms with van der Waals surface area (Å²) in [6, 6.07) is 18.1. The van der Waals surface area contributed by atoms with Crippen LogP contribution in [-0.2, 0) is 11.4 Å². The lowest BCUT2D eigenvalue weighted by atomic mass is 9.94. The number of aromatic nitrogens is 3. The zero-order valence-electron chi connectivity index (χ0n) is 22.7. The van der Waals surface area contributed by atoms with Crippen LogP contribution < -0.4 is 15.4 Å². The summed E-state index contributed by atoms with van der Waals surface area (Å²) in [5.41, 5.74) is 4.43. The number of carbonyl (C=O) groups excluding carboxylic acids is 1. The minimum atomic E-state index is -0.619. The lowest BCUT2D eigenvalue weighted by Crippen LogP contribution is -2.32. The average Bonchev–Trinajstić information content (AvgIpc) is 3.34. The van der Waals surface area contributed by atoms with Crippen LogP contribution in [0, 0.1) is 6.92 Å². The Morgan fingerprint density at radius 1 is 1.15 bits per heavy atom. The lowest BCUT2D eigenvalue weighted by Gasteiger charge is -2.30. The van der Waals surface area contributed by atoms with E-state index in [4.69, 9.17) is 38.0 Å². The Morgan fingerprint density at radius 2 is 1.95 bits per heavy atom. The number of benzene rings is 3. The van der Waals surface area contributed by atoms with Crippen LogP contribution in [0.4, 0.5) is 11.6 Å². The van der Waals surface area contributed by atoms with Gasteiger partial charge >= 0.3 is 0 Å². The molecule has 7 nitrogen and oxygen atoms in total. The van der Waals surface area contributed by atoms with Crippen LogP contribution in [0.2, 0.25) is 10.0 Å². The number of nitrogens with one attached hydrogen (secondary N) is 2. The molecule has 41 heavy (non-hydrogen) atoms. The second-order valence-electron chi connectivity index (χ2n) is 9.55. The first kappa shape index (κ1) is 29.5. The van der Waals surface area contributed by atoms with Gasteiger partial charge in [0.15, 0.2) is 0 Å². The van der Waals surface area contributed by atoms with E-state index in [-0.39, 0.29) is 12.5 Å². The third-order valence-corrected chi connectivity index (χ3v) is 8.69. The van der Waals surface area contributed by atoms with Gasteiger partial charge in [-0.3, -0.25) is 4.79 Å². The molecule has 1 aliphatic rings. The van der Waals surface area contributed by atoms with Gasteiger partial charge in [0.25, 0.3) is 5.91 Å². The van der Waals surface area contributed by atoms with Gasteiger partial charge in [-0.1, -0.05) is 82.1 Å². The van der Waals surface area contributed by atoms with E-state index in [0.29, 0.717) is 38.2 Å². The normalized spacial score (nSPS) is 14.4. The number of carbonyl (C=O) groups is 1. The molecule has 5 rings (SSSR count). The van der Waals surface area contributed by atoms with Crippen LogP contribution in [-0.4, -0.2) is 26.4 Å². The molecule has 0 spiro atoms. The SMILES string of the molecule is CCCSc1nc2n(n1)C(c1cc(Br)ccc1OCc1ccc(Cl)cc1Cl)C(C(=O)Nc1ccccc1C)=C(C)N2. The molecule has 3 aromatic carbocycles. The van der Waals surface area contributed by atoms with Crippen LogP contribution in [0.1, 0.15) is 43.0 Å². The van der Waals surface area contributed by atoms with E-state index in [2.05, 4.69) is 33.5 Å². The van der Waals surface area contributed by atoms with Crippen molar-refractivity contribution >= 4 is 68.4 Å². The van der Waals surface area contributed by atoms with Crippen molar-refractivity contribution in [2.75, 3.05) is 16.4 Å². The number of aryl methyl sites for hydroxylation is 1. The smallest absolute Gasteiger partial charge is 0.255 e. The third kappa shape index (κ3) is 6.59. The van der Waals surface area contributed by atoms with E-state index in [0.717, 1.165) is 39.0 Å². The molecule has 1 atom stereocenters. The molecule has 0 saturated heterocycles. The van der Waals surface area contributed by atoms with Gasteiger partial charge in [-0.2, -0.15) is 4.98 Å². The molecule has 0 radical (unpaired) electrons. The van der Waals surface area contributed by atoms with Gasteiger partial charge in [-0.25, -0.2) is 4.68 Å². The van der Waals surface area contributed by atoms with Crippen molar-refractivity contribution in [3.63, 3.8) is 0 Å². The average molecular weight is 673 g/mol. The number of para-hydroxylation sites is 1. The summed E-state index contributed by atoms with van der Waals surface area (Å²) < 4.78 is 8.95. The highest BCUT2D eigenvalue weighted by molar-refractivity contribution is 9.10. The number of hydrogen-bond donors (Lipinski definition) is 2. The summed E-state index contributed by atoms with van der Waals surface area (Å²) in [6.07, 6.45) is 0.990. The van der Waals surface area contributed by atoms with Crippen molar-refractivity contribution in [3.05, 3.63) is 103 Å². The minimum absolute atomic E-state index is 0.213. The zero-order chi connectivity index (χ0) is 29.1. The fourth-order valence-electron chi connectivity index (χ4n) is 4.53. The van der Waals surface area contributed by atoms with Gasteiger partial charge in [0.2, 0.25) is 11.1 Å². The van der Waals surface area contributed by atoms with Crippen molar-refractivity contribution in [2.24, 2.45) is 0 Å². The molecule has 0 saturated carbocycles. The number of allylic oxidation sites excluding steroid dienone is 1. The molecule has 2 N–H and O–H groups in total. The maximum atomic E-state index is 14.0. The van der Waals surface area contributed by atoms with Crippen LogP contribution in [0.5, 0.6) is 5.75 Å². The predicted octanol–water partition coefficient (Wildman–Crippen LogP) is 8.66. The van der Waals surface area contributed by atoms with Crippen LogP contribution in [0.25, 0.3) is 0 Å². The largest absolute Gasteiger partial charge is 0.488 e. The Morgan fingerprint density at radius 3 is 2.71 bits per heavy atom. The first-order valence-corrected chi connectivity index (χ1v) is 15.6. The van der Waals surface area contributed by atoms with Crippen LogP contribution >= 0.6 is 50.9 Å². The van der Waals surface area contributed by atoms with Crippen LogP contribution in [0.15, 0.2) is 81.6 Å². The quantitative estimate of drug-likeness (QED) is 0.173. The number of amides is 1. The molecule has 11 heteroatoms. The Labute approximate surface area is 261 Å². The van der Waals surface area contributed by atoms with E-state index in [9.17, 15) is 4.79 Å². The summed E-state index contributed by atoms with van der Waals surface area (Å²) in [6.45, 7) is 6.16. The summed E-state index contributed by atoms with van der Waals surface area (Å²) in [7, 11) is 0. The van der Waals surface area contributed by atoms with Crippen molar-refractivity contribution in [2.45, 2.75) is 45.0 Å². The number of nitrogens with zero attached hydrogens (tertiary/aromatic N) is 3. The molecule has 212 valence electrons. The number of ether oxygens (including phenoxy) is 1. The first-order valence-electron chi connectivity index (χ1n) is 13.1. The molecule has 1 aliphatic heterocycles. The number of halogens is 3. The Hall–Kier alpha value is -2.98. The molecule has 0 aliphatic carbocycles. The number of fused-ring (bicyclic) bond motifs is 1. The summed E-state index contributed by atoms with van der Waals surface area (Å²) in [4.78, 5) is 18.7. The fraction of sp³-hybridized carbons (Fsp3) is 0.233. The molecule has 0 bridgehead atoms. The number of hydrogen-bond acceptors (Lipinski definition) is 6. The Bertz CT molecular complexity index is 1640. The molecule has 4 aromatic rings. The molecule has 2 heterocycles. The molecule has 0 fully saturated rings. The number of thioether (sulfide) groups is 1. The van der Waals surface area contributed by atoms with Gasteiger partial charge in [0, 0.05) is 42.8 Å². The first-order chi connectivity index (χ1) is 19.7. The topological polar surface area (TPSA) is 81.1 Å². The Balaban J connectivity index is 1.59. The zero-order valence-corrected chi connectivity index (χ0v) is 26.6. The Kier molecular flexibility index (Phi) is 9.28. The number of anilines is 2. The van der Waals surface area contributed by atoms with Crippen molar-refractivity contribution in [3.8, 4) is 5.75 Å². The van der Waals surface area contributed by atoms with Gasteiger partial charge in [0.05, 0.1) is 5.57 Å². The second-order valence-corrected chi connectivity index (χ2v) is 12.4. The van der Waals surface area contributed by atoms with Crippen LogP contribution in [0.3, 0.4) is 0 Å². The maximum Gasteiger partial charge on any atom is 0.255 e. The van der Waals surface area contributed by atoms with Crippen molar-refractivity contribution in [1.29, 1.82) is 0 Å². The second kappa shape index (κ2) is 12.9. The van der Waals surface area contributed by atoms with E-state index in [1.807, 2.05) is 62.4 Å². The summed E-state index contributed by atoms with van der Waals surface area (Å²) in [5, 5.41) is 12.9. The number of rotatable bonds is 9. The van der Waals surface area contributed by atoms with Gasteiger partial charge in [-0.15, -0.1) is 5.10 Å². The van der Waals surface area contributed by atoms with Gasteiger partial charge < -0.3 is 15.4 Å². The highest BCUT2D eigenvalue weighted by Crippen LogP contribution is 2.42. The molecule has 1 aromatic heterocycles. The standard InChI is InChI=1S/C30H28BrCl2N5O2S/c1-4-13-41-30-36-29-34-18(3)26(28(39)35-24-8-6-5-7-17(24)2)27(38(29)37-30)22-14-20(31)10-12-25(22)40-16-19-9-11-21(32)15-23(19)33/h5-12,14-15,27H,4,13,16H2,1-3H3,(H,35,39)(H,34,36,37). The highest BCUT2D eigenvalue weighted by atomic mass is 79.9. The van der Waals surface area contributed by atoms with Crippen molar-refractivity contribution < 1.29 is 9.53 Å². The minimum Gasteiger partial charge on any atom is -0.488 e. The maximum absolute atomic E-state index is 14.0. The van der Waals surface area contributed by atoms with Gasteiger partial charge in [0.1, 0.15) is 18.4 Å². The van der Waals surface area contributed by atoms with E-state index in [1.165, 1.54) is 0 Å². The van der Waals surface area contributed by atoms with E-state index in [1.54, 1.807) is 28.6 Å². The monoisotopic (exact) mass is 671 g/mol. The van der Waals surface area contributed by atoms with E-state index >= 15 is 0 Å². The fourth-order valence-corrected chi connectivity index (χ4v) is 6.05. The molecule has 1 amide bonds. The summed E-state index contributed by atoms with van der Waals surface area (Å²) in [5.74, 6) is 1.79. The molecular formula is C30H28BrCl2N5O2S. The van der Waals surface area contributed by atoms with Gasteiger partial charge in [-0.05, 0) is 62.2 Å². The highest BCUT2D eigenvalue weighted by Gasteiger charge is 2.36. The van der Waals surface area contributed by atoms with E-state index < -0.39 is 6.04 Å².